The largest absolute Gasteiger partial charge is 0.384 e. The first-order valence-electron chi connectivity index (χ1n) is 6.08. The normalized spacial score (nSPS) is 25.2. The molecule has 1 unspecified atom stereocenters. The summed E-state index contributed by atoms with van der Waals surface area (Å²) >= 11 is 6.09. The van der Waals surface area contributed by atoms with Crippen molar-refractivity contribution in [1.82, 2.24) is 5.32 Å². The molecule has 0 radical (unpaired) electrons. The molecule has 0 aromatic heterocycles. The van der Waals surface area contributed by atoms with Crippen LogP contribution in [0.5, 0.6) is 0 Å². The Morgan fingerprint density at radius 3 is 2.81 bits per heavy atom. The Labute approximate surface area is 101 Å². The van der Waals surface area contributed by atoms with Gasteiger partial charge < -0.3 is 10.6 Å². The molecule has 1 aromatic carbocycles. The van der Waals surface area contributed by atoms with E-state index in [0.29, 0.717) is 5.92 Å². The van der Waals surface area contributed by atoms with Gasteiger partial charge in [-0.25, -0.2) is 0 Å². The zero-order valence-corrected chi connectivity index (χ0v) is 10.1. The van der Waals surface area contributed by atoms with E-state index in [4.69, 9.17) is 11.6 Å². The number of halogens is 1. The summed E-state index contributed by atoms with van der Waals surface area (Å²) in [6.07, 6.45) is 2.58. The Kier molecular flexibility index (Phi) is 2.78. The van der Waals surface area contributed by atoms with Crippen molar-refractivity contribution in [3.63, 3.8) is 0 Å². The molecule has 16 heavy (non-hydrogen) atoms. The minimum Gasteiger partial charge on any atom is -0.384 e. The van der Waals surface area contributed by atoms with Crippen LogP contribution in [-0.4, -0.2) is 19.6 Å². The van der Waals surface area contributed by atoms with E-state index >= 15 is 0 Å². The highest BCUT2D eigenvalue weighted by atomic mass is 35.5. The highest BCUT2D eigenvalue weighted by molar-refractivity contribution is 6.30. The molecule has 1 aromatic rings. The van der Waals surface area contributed by atoms with E-state index in [1.165, 1.54) is 24.1 Å². The lowest BCUT2D eigenvalue weighted by atomic mass is 9.82. The first-order chi connectivity index (χ1) is 7.84. The molecule has 3 heteroatoms. The fourth-order valence-corrected chi connectivity index (χ4v) is 3.18. The average Bonchev–Trinajstić information content (AvgIpc) is 2.73. The number of nitrogens with one attached hydrogen (secondary N) is 2. The molecule has 2 nitrogen and oxygen atoms in total. The van der Waals surface area contributed by atoms with Crippen LogP contribution < -0.4 is 10.6 Å². The second kappa shape index (κ2) is 4.27. The van der Waals surface area contributed by atoms with Gasteiger partial charge in [0.2, 0.25) is 0 Å². The second-order valence-corrected chi connectivity index (χ2v) is 5.24. The van der Waals surface area contributed by atoms with Crippen LogP contribution in [0, 0.1) is 5.92 Å². The van der Waals surface area contributed by atoms with Crippen molar-refractivity contribution in [1.29, 1.82) is 0 Å². The molecule has 0 aliphatic carbocycles. The Bertz CT molecular complexity index is 386. The van der Waals surface area contributed by atoms with Crippen molar-refractivity contribution in [3.05, 3.63) is 28.8 Å². The van der Waals surface area contributed by atoms with Crippen molar-refractivity contribution in [2.45, 2.75) is 18.8 Å². The van der Waals surface area contributed by atoms with E-state index in [2.05, 4.69) is 22.8 Å². The van der Waals surface area contributed by atoms with Crippen molar-refractivity contribution < 1.29 is 0 Å². The maximum Gasteiger partial charge on any atom is 0.0410 e. The maximum absolute atomic E-state index is 6.09. The molecule has 3 rings (SSSR count). The van der Waals surface area contributed by atoms with Crippen LogP contribution in [0.2, 0.25) is 5.02 Å². The molecule has 1 fully saturated rings. The van der Waals surface area contributed by atoms with Crippen molar-refractivity contribution in [2.75, 3.05) is 25.0 Å². The average molecular weight is 237 g/mol. The predicted octanol–water partition coefficient (Wildman–Crippen LogP) is 2.85. The summed E-state index contributed by atoms with van der Waals surface area (Å²) in [6.45, 7) is 3.41. The first-order valence-corrected chi connectivity index (χ1v) is 6.46. The summed E-state index contributed by atoms with van der Waals surface area (Å²) in [5, 5.41) is 7.79. The second-order valence-electron chi connectivity index (χ2n) is 4.81. The highest BCUT2D eigenvalue weighted by Crippen LogP contribution is 2.40. The lowest BCUT2D eigenvalue weighted by Crippen LogP contribution is -2.31. The number of anilines is 1. The van der Waals surface area contributed by atoms with Gasteiger partial charge >= 0.3 is 0 Å². The minimum absolute atomic E-state index is 0.663. The molecular formula is C13H17ClN2. The fourth-order valence-electron chi connectivity index (χ4n) is 3.00. The fraction of sp³-hybridized carbons (Fsp3) is 0.538. The van der Waals surface area contributed by atoms with E-state index < -0.39 is 0 Å². The Hall–Kier alpha value is -0.730. The SMILES string of the molecule is Clc1ccc2c(c1)C(C1CCNCC1)CN2. The summed E-state index contributed by atoms with van der Waals surface area (Å²) in [5.74, 6) is 1.48. The number of fused-ring (bicyclic) bond motifs is 1. The Morgan fingerprint density at radius 1 is 1.19 bits per heavy atom. The molecule has 1 atom stereocenters. The zero-order chi connectivity index (χ0) is 11.0. The van der Waals surface area contributed by atoms with E-state index in [-0.39, 0.29) is 0 Å². The van der Waals surface area contributed by atoms with Gasteiger partial charge in [0.05, 0.1) is 0 Å². The van der Waals surface area contributed by atoms with E-state index in [9.17, 15) is 0 Å². The highest BCUT2D eigenvalue weighted by Gasteiger charge is 2.30. The predicted molar refractivity (Wildman–Crippen MR) is 68.3 cm³/mol. The van der Waals surface area contributed by atoms with E-state index in [1.807, 2.05) is 6.07 Å². The third-order valence-electron chi connectivity index (χ3n) is 3.88. The minimum atomic E-state index is 0.663. The molecule has 2 aliphatic rings. The first kappa shape index (κ1) is 10.4. The number of benzene rings is 1. The number of hydrogen-bond acceptors (Lipinski definition) is 2. The van der Waals surface area contributed by atoms with Gasteiger partial charge in [0.15, 0.2) is 0 Å². The van der Waals surface area contributed by atoms with Gasteiger partial charge in [0.25, 0.3) is 0 Å². The van der Waals surface area contributed by atoms with Crippen molar-refractivity contribution in [3.8, 4) is 0 Å². The number of piperidine rings is 1. The summed E-state index contributed by atoms with van der Waals surface area (Å²) in [6, 6.07) is 6.22. The Morgan fingerprint density at radius 2 is 2.00 bits per heavy atom. The van der Waals surface area contributed by atoms with Crippen LogP contribution in [0.3, 0.4) is 0 Å². The molecule has 86 valence electrons. The maximum atomic E-state index is 6.09. The summed E-state index contributed by atoms with van der Waals surface area (Å²) in [7, 11) is 0. The molecule has 0 saturated carbocycles. The molecule has 1 saturated heterocycles. The molecule has 0 spiro atoms. The smallest absolute Gasteiger partial charge is 0.0410 e. The topological polar surface area (TPSA) is 24.1 Å². The molecular weight excluding hydrogens is 220 g/mol. The van der Waals surface area contributed by atoms with Crippen LogP contribution in [0.15, 0.2) is 18.2 Å². The molecule has 2 aliphatic heterocycles. The number of hydrogen-bond donors (Lipinski definition) is 2. The third kappa shape index (κ3) is 1.80. The summed E-state index contributed by atoms with van der Waals surface area (Å²) in [4.78, 5) is 0. The van der Waals surface area contributed by atoms with Crippen molar-refractivity contribution >= 4 is 17.3 Å². The van der Waals surface area contributed by atoms with Crippen LogP contribution in [0.1, 0.15) is 24.3 Å². The van der Waals surface area contributed by atoms with Gasteiger partial charge in [-0.05, 0) is 55.6 Å². The van der Waals surface area contributed by atoms with Crippen molar-refractivity contribution in [2.24, 2.45) is 5.92 Å². The molecule has 2 N–H and O–H groups in total. The number of rotatable bonds is 1. The zero-order valence-electron chi connectivity index (χ0n) is 9.30. The molecule has 0 bridgehead atoms. The van der Waals surface area contributed by atoms with Crippen LogP contribution in [0.25, 0.3) is 0 Å². The monoisotopic (exact) mass is 236 g/mol. The Balaban J connectivity index is 1.86. The van der Waals surface area contributed by atoms with Gasteiger partial charge in [0, 0.05) is 23.2 Å². The summed E-state index contributed by atoms with van der Waals surface area (Å²) in [5.41, 5.74) is 2.72. The van der Waals surface area contributed by atoms with E-state index in [0.717, 1.165) is 30.6 Å². The van der Waals surface area contributed by atoms with Gasteiger partial charge in [0.1, 0.15) is 0 Å². The van der Waals surface area contributed by atoms with Crippen LogP contribution in [0.4, 0.5) is 5.69 Å². The lowest BCUT2D eigenvalue weighted by Gasteiger charge is -2.28. The standard InChI is InChI=1S/C13H17ClN2/c14-10-1-2-13-11(7-10)12(8-16-13)9-3-5-15-6-4-9/h1-2,7,9,12,15-16H,3-6,8H2. The summed E-state index contributed by atoms with van der Waals surface area (Å²) < 4.78 is 0. The van der Waals surface area contributed by atoms with Gasteiger partial charge in [-0.2, -0.15) is 0 Å². The van der Waals surface area contributed by atoms with Gasteiger partial charge in [-0.15, -0.1) is 0 Å². The quantitative estimate of drug-likeness (QED) is 0.784. The van der Waals surface area contributed by atoms with Gasteiger partial charge in [-0.3, -0.25) is 0 Å². The molecule has 2 heterocycles. The van der Waals surface area contributed by atoms with Gasteiger partial charge in [-0.1, -0.05) is 11.6 Å². The molecule has 0 amide bonds. The lowest BCUT2D eigenvalue weighted by molar-refractivity contribution is 0.330. The van der Waals surface area contributed by atoms with Crippen LogP contribution in [-0.2, 0) is 0 Å². The van der Waals surface area contributed by atoms with Crippen LogP contribution >= 0.6 is 11.6 Å². The van der Waals surface area contributed by atoms with E-state index in [1.54, 1.807) is 0 Å². The third-order valence-corrected chi connectivity index (χ3v) is 4.11.